The summed E-state index contributed by atoms with van der Waals surface area (Å²) in [6.07, 6.45) is 6.23. The highest BCUT2D eigenvalue weighted by Gasteiger charge is 2.14. The number of carbonyl (C=O) groups excluding carboxylic acids is 2. The summed E-state index contributed by atoms with van der Waals surface area (Å²) in [4.78, 5) is 23.6. The fourth-order valence-electron chi connectivity index (χ4n) is 2.40. The SMILES string of the molecule is COC(=O)/C=C/c1ccc2c(c1)C(=O)CCCCNCCCO2. The molecule has 1 aliphatic heterocycles. The number of Topliss-reactive ketones (excluding diaryl/α,β-unsaturated/α-hetero) is 1. The maximum Gasteiger partial charge on any atom is 0.330 e. The molecule has 0 saturated heterocycles. The molecule has 1 N–H and O–H groups in total. The summed E-state index contributed by atoms with van der Waals surface area (Å²) in [5.74, 6) is 0.271. The molecule has 2 rings (SSSR count). The number of esters is 1. The number of fused-ring (bicyclic) bond motifs is 1. The molecule has 0 unspecified atom stereocenters. The van der Waals surface area contributed by atoms with Gasteiger partial charge >= 0.3 is 5.97 Å². The number of rotatable bonds is 2. The maximum atomic E-state index is 12.5. The Balaban J connectivity index is 2.21. The Kier molecular flexibility index (Phi) is 6.81. The van der Waals surface area contributed by atoms with E-state index in [1.807, 2.05) is 6.07 Å². The number of hydrogen-bond acceptors (Lipinski definition) is 5. The maximum absolute atomic E-state index is 12.5. The number of methoxy groups -OCH3 is 1. The first-order valence-corrected chi connectivity index (χ1v) is 7.97. The van der Waals surface area contributed by atoms with Crippen LogP contribution in [-0.2, 0) is 9.53 Å². The zero-order valence-electron chi connectivity index (χ0n) is 13.5. The molecule has 0 spiro atoms. The summed E-state index contributed by atoms with van der Waals surface area (Å²) in [5.41, 5.74) is 1.37. The van der Waals surface area contributed by atoms with Gasteiger partial charge in [-0.05, 0) is 56.1 Å². The average molecular weight is 317 g/mol. The predicted octanol–water partition coefficient (Wildman–Crippen LogP) is 2.60. The molecule has 0 fully saturated rings. The van der Waals surface area contributed by atoms with Crippen molar-refractivity contribution in [2.24, 2.45) is 0 Å². The van der Waals surface area contributed by atoms with Crippen molar-refractivity contribution in [2.45, 2.75) is 25.7 Å². The van der Waals surface area contributed by atoms with Crippen LogP contribution in [0.2, 0.25) is 0 Å². The van der Waals surface area contributed by atoms with Crippen LogP contribution in [-0.4, -0.2) is 38.6 Å². The fourth-order valence-corrected chi connectivity index (χ4v) is 2.40. The van der Waals surface area contributed by atoms with Gasteiger partial charge in [0.2, 0.25) is 0 Å². The molecule has 5 nitrogen and oxygen atoms in total. The summed E-state index contributed by atoms with van der Waals surface area (Å²) in [5, 5.41) is 3.34. The van der Waals surface area contributed by atoms with Gasteiger partial charge < -0.3 is 14.8 Å². The molecule has 124 valence electrons. The van der Waals surface area contributed by atoms with Crippen molar-refractivity contribution in [1.29, 1.82) is 0 Å². The molecule has 1 aromatic rings. The summed E-state index contributed by atoms with van der Waals surface area (Å²) in [6, 6.07) is 5.40. The van der Waals surface area contributed by atoms with Gasteiger partial charge in [-0.1, -0.05) is 6.07 Å². The van der Waals surface area contributed by atoms with E-state index in [9.17, 15) is 9.59 Å². The third kappa shape index (κ3) is 5.53. The highest BCUT2D eigenvalue weighted by molar-refractivity contribution is 5.99. The van der Waals surface area contributed by atoms with Crippen molar-refractivity contribution in [3.05, 3.63) is 35.4 Å². The van der Waals surface area contributed by atoms with Crippen molar-refractivity contribution < 1.29 is 19.1 Å². The van der Waals surface area contributed by atoms with Crippen molar-refractivity contribution in [3.8, 4) is 5.75 Å². The summed E-state index contributed by atoms with van der Waals surface area (Å²) < 4.78 is 10.3. The standard InChI is InChI=1S/C18H23NO4/c1-22-18(21)9-7-14-6-8-17-15(13-14)16(20)5-2-3-10-19-11-4-12-23-17/h6-9,13,19H,2-5,10-12H2,1H3/b9-7+. The van der Waals surface area contributed by atoms with Crippen LogP contribution < -0.4 is 10.1 Å². The van der Waals surface area contributed by atoms with Crippen LogP contribution in [0.15, 0.2) is 24.3 Å². The van der Waals surface area contributed by atoms with E-state index in [0.717, 1.165) is 37.9 Å². The monoisotopic (exact) mass is 317 g/mol. The number of ether oxygens (including phenoxy) is 2. The van der Waals surface area contributed by atoms with Gasteiger partial charge in [0.25, 0.3) is 0 Å². The van der Waals surface area contributed by atoms with Crippen molar-refractivity contribution in [3.63, 3.8) is 0 Å². The van der Waals surface area contributed by atoms with E-state index >= 15 is 0 Å². The van der Waals surface area contributed by atoms with Gasteiger partial charge in [-0.3, -0.25) is 4.79 Å². The minimum Gasteiger partial charge on any atom is -0.493 e. The van der Waals surface area contributed by atoms with Crippen LogP contribution >= 0.6 is 0 Å². The van der Waals surface area contributed by atoms with Gasteiger partial charge in [-0.2, -0.15) is 0 Å². The largest absolute Gasteiger partial charge is 0.493 e. The first-order chi connectivity index (χ1) is 11.2. The van der Waals surface area contributed by atoms with E-state index in [0.29, 0.717) is 24.3 Å². The number of hydrogen-bond donors (Lipinski definition) is 1. The quantitative estimate of drug-likeness (QED) is 0.671. The van der Waals surface area contributed by atoms with E-state index < -0.39 is 5.97 Å². The van der Waals surface area contributed by atoms with Crippen molar-refractivity contribution in [1.82, 2.24) is 5.32 Å². The van der Waals surface area contributed by atoms with E-state index in [2.05, 4.69) is 10.1 Å². The van der Waals surface area contributed by atoms with Gasteiger partial charge in [-0.25, -0.2) is 4.79 Å². The van der Waals surface area contributed by atoms with E-state index in [-0.39, 0.29) is 5.78 Å². The van der Waals surface area contributed by atoms with E-state index in [1.165, 1.54) is 13.2 Å². The third-order valence-electron chi connectivity index (χ3n) is 3.68. The zero-order valence-corrected chi connectivity index (χ0v) is 13.5. The van der Waals surface area contributed by atoms with E-state index in [4.69, 9.17) is 4.74 Å². The van der Waals surface area contributed by atoms with Crippen LogP contribution in [0.1, 0.15) is 41.6 Å². The van der Waals surface area contributed by atoms with Crippen LogP contribution in [0, 0.1) is 0 Å². The molecule has 5 heteroatoms. The Morgan fingerprint density at radius 2 is 2.09 bits per heavy atom. The minimum atomic E-state index is -0.423. The summed E-state index contributed by atoms with van der Waals surface area (Å²) in [6.45, 7) is 2.43. The van der Waals surface area contributed by atoms with Gasteiger partial charge in [0, 0.05) is 12.5 Å². The molecular formula is C18H23NO4. The molecular weight excluding hydrogens is 294 g/mol. The Hall–Kier alpha value is -2.14. The average Bonchev–Trinajstić information content (AvgIpc) is 2.57. The number of ketones is 1. The van der Waals surface area contributed by atoms with Crippen LogP contribution in [0.4, 0.5) is 0 Å². The lowest BCUT2D eigenvalue weighted by molar-refractivity contribution is -0.134. The van der Waals surface area contributed by atoms with Gasteiger partial charge in [-0.15, -0.1) is 0 Å². The van der Waals surface area contributed by atoms with Crippen LogP contribution in [0.5, 0.6) is 5.75 Å². The Morgan fingerprint density at radius 1 is 1.26 bits per heavy atom. The first-order valence-electron chi connectivity index (χ1n) is 7.97. The number of nitrogens with one attached hydrogen (secondary N) is 1. The minimum absolute atomic E-state index is 0.0777. The second kappa shape index (κ2) is 9.10. The predicted molar refractivity (Wildman–Crippen MR) is 88.7 cm³/mol. The topological polar surface area (TPSA) is 64.6 Å². The third-order valence-corrected chi connectivity index (χ3v) is 3.68. The Morgan fingerprint density at radius 3 is 2.91 bits per heavy atom. The molecule has 0 radical (unpaired) electrons. The Labute approximate surface area is 136 Å². The molecule has 1 aliphatic rings. The number of carbonyl (C=O) groups is 2. The molecule has 1 heterocycles. The van der Waals surface area contributed by atoms with Crippen molar-refractivity contribution >= 4 is 17.8 Å². The van der Waals surface area contributed by atoms with Crippen molar-refractivity contribution in [2.75, 3.05) is 26.8 Å². The van der Waals surface area contributed by atoms with Gasteiger partial charge in [0.1, 0.15) is 5.75 Å². The normalized spacial score (nSPS) is 16.8. The van der Waals surface area contributed by atoms with Gasteiger partial charge in [0.15, 0.2) is 5.78 Å². The molecule has 0 aliphatic carbocycles. The fraction of sp³-hybridized carbons (Fsp3) is 0.444. The zero-order chi connectivity index (χ0) is 16.5. The summed E-state index contributed by atoms with van der Waals surface area (Å²) in [7, 11) is 1.33. The second-order valence-electron chi connectivity index (χ2n) is 5.44. The lowest BCUT2D eigenvalue weighted by Gasteiger charge is -2.13. The first kappa shape index (κ1) is 17.2. The molecule has 0 aromatic heterocycles. The van der Waals surface area contributed by atoms with Gasteiger partial charge in [0.05, 0.1) is 19.3 Å². The molecule has 0 atom stereocenters. The molecule has 23 heavy (non-hydrogen) atoms. The van der Waals surface area contributed by atoms with Crippen LogP contribution in [0.25, 0.3) is 6.08 Å². The lowest BCUT2D eigenvalue weighted by atomic mass is 10.0. The highest BCUT2D eigenvalue weighted by Crippen LogP contribution is 2.24. The molecule has 0 saturated carbocycles. The lowest BCUT2D eigenvalue weighted by Crippen LogP contribution is -2.20. The molecule has 1 aromatic carbocycles. The summed E-state index contributed by atoms with van der Waals surface area (Å²) >= 11 is 0. The second-order valence-corrected chi connectivity index (χ2v) is 5.44. The van der Waals surface area contributed by atoms with Crippen LogP contribution in [0.3, 0.4) is 0 Å². The molecule has 0 bridgehead atoms. The Bertz CT molecular complexity index is 580. The highest BCUT2D eigenvalue weighted by atomic mass is 16.5. The smallest absolute Gasteiger partial charge is 0.330 e. The van der Waals surface area contributed by atoms with E-state index in [1.54, 1.807) is 18.2 Å². The molecule has 0 amide bonds. The number of benzene rings is 1.